The summed E-state index contributed by atoms with van der Waals surface area (Å²) in [5, 5.41) is 0. The van der Waals surface area contributed by atoms with Gasteiger partial charge in [0.2, 0.25) is 0 Å². The van der Waals surface area contributed by atoms with Crippen LogP contribution in [0.15, 0.2) is 24.3 Å². The second-order valence-electron chi connectivity index (χ2n) is 2.23. The van der Waals surface area contributed by atoms with Gasteiger partial charge in [-0.3, -0.25) is 0 Å². The van der Waals surface area contributed by atoms with Crippen molar-refractivity contribution < 1.29 is 13.9 Å². The zero-order chi connectivity index (χ0) is 8.97. The Morgan fingerprint density at radius 3 is 2.50 bits per heavy atom. The van der Waals surface area contributed by atoms with E-state index in [-0.39, 0.29) is 12.4 Å². The molecule has 0 aliphatic carbocycles. The molecule has 0 atom stereocenters. The van der Waals surface area contributed by atoms with Gasteiger partial charge in [0, 0.05) is 0 Å². The van der Waals surface area contributed by atoms with Crippen LogP contribution in [0.25, 0.3) is 0 Å². The lowest BCUT2D eigenvalue weighted by Crippen LogP contribution is -2.12. The minimum absolute atomic E-state index is 0.0790. The van der Waals surface area contributed by atoms with Crippen molar-refractivity contribution in [1.82, 2.24) is 0 Å². The number of carbonyl (C=O) groups excluding carboxylic acids is 1. The molecule has 1 rings (SSSR count). The molecule has 0 saturated heterocycles. The van der Waals surface area contributed by atoms with E-state index in [2.05, 4.69) is 4.74 Å². The van der Waals surface area contributed by atoms with E-state index in [1.54, 1.807) is 0 Å². The van der Waals surface area contributed by atoms with Gasteiger partial charge in [-0.1, -0.05) is 12.1 Å². The molecule has 0 unspecified atom stereocenters. The fourth-order valence-corrected chi connectivity index (χ4v) is 0.735. The highest BCUT2D eigenvalue weighted by atomic mass is 19.1. The molecule has 0 aliphatic rings. The molecule has 0 aromatic heterocycles. The highest BCUT2D eigenvalue weighted by Crippen LogP contribution is 2.03. The summed E-state index contributed by atoms with van der Waals surface area (Å²) >= 11 is 0. The molecule has 1 aromatic rings. The van der Waals surface area contributed by atoms with Crippen molar-refractivity contribution in [1.29, 1.82) is 0 Å². The average molecular weight is 169 g/mol. The fraction of sp³-hybridized carbons (Fsp3) is 0.125. The van der Waals surface area contributed by atoms with E-state index in [1.807, 2.05) is 0 Å². The summed E-state index contributed by atoms with van der Waals surface area (Å²) in [4.78, 5) is 10.2. The Hall–Kier alpha value is -1.58. The topological polar surface area (TPSA) is 52.3 Å². The van der Waals surface area contributed by atoms with E-state index in [0.29, 0.717) is 5.56 Å². The second kappa shape index (κ2) is 3.71. The van der Waals surface area contributed by atoms with Crippen LogP contribution in [0.1, 0.15) is 5.56 Å². The minimum Gasteiger partial charge on any atom is -0.445 e. The first-order chi connectivity index (χ1) is 5.68. The number of primary amides is 1. The van der Waals surface area contributed by atoms with Gasteiger partial charge in [-0.15, -0.1) is 0 Å². The number of halogens is 1. The molecule has 4 heteroatoms. The lowest BCUT2D eigenvalue weighted by atomic mass is 10.2. The van der Waals surface area contributed by atoms with Gasteiger partial charge in [-0.2, -0.15) is 0 Å². The number of carbonyl (C=O) groups is 1. The van der Waals surface area contributed by atoms with Gasteiger partial charge in [0.1, 0.15) is 12.4 Å². The van der Waals surface area contributed by atoms with Crippen LogP contribution in [-0.2, 0) is 11.3 Å². The number of nitrogens with two attached hydrogens (primary N) is 1. The SMILES string of the molecule is NC(=O)OCc1ccc(F)cc1. The number of amides is 1. The summed E-state index contributed by atoms with van der Waals surface area (Å²) in [5.74, 6) is -0.321. The van der Waals surface area contributed by atoms with Gasteiger partial charge in [0.25, 0.3) is 0 Å². The summed E-state index contributed by atoms with van der Waals surface area (Å²) in [7, 11) is 0. The van der Waals surface area contributed by atoms with Crippen molar-refractivity contribution in [2.45, 2.75) is 6.61 Å². The summed E-state index contributed by atoms with van der Waals surface area (Å²) < 4.78 is 16.8. The highest BCUT2D eigenvalue weighted by Gasteiger charge is 1.96. The molecule has 1 amide bonds. The Labute approximate surface area is 68.9 Å². The Balaban J connectivity index is 2.53. The van der Waals surface area contributed by atoms with Crippen LogP contribution < -0.4 is 5.73 Å². The molecule has 0 saturated carbocycles. The molecule has 1 aromatic carbocycles. The predicted octanol–water partition coefficient (Wildman–Crippen LogP) is 1.42. The normalized spacial score (nSPS) is 9.42. The van der Waals surface area contributed by atoms with Gasteiger partial charge in [-0.25, -0.2) is 9.18 Å². The Kier molecular flexibility index (Phi) is 2.63. The quantitative estimate of drug-likeness (QED) is 0.727. The molecular formula is C8H8FNO2. The van der Waals surface area contributed by atoms with Gasteiger partial charge >= 0.3 is 6.09 Å². The third-order valence-electron chi connectivity index (χ3n) is 1.29. The molecule has 2 N–H and O–H groups in total. The van der Waals surface area contributed by atoms with Crippen molar-refractivity contribution in [2.24, 2.45) is 5.73 Å². The lowest BCUT2D eigenvalue weighted by molar-refractivity contribution is 0.150. The van der Waals surface area contributed by atoms with Crippen molar-refractivity contribution in [2.75, 3.05) is 0 Å². The van der Waals surface area contributed by atoms with E-state index in [0.717, 1.165) is 0 Å². The molecule has 0 heterocycles. The summed E-state index contributed by atoms with van der Waals surface area (Å²) in [5.41, 5.74) is 5.44. The predicted molar refractivity (Wildman–Crippen MR) is 40.8 cm³/mol. The summed E-state index contributed by atoms with van der Waals surface area (Å²) in [6.45, 7) is 0.0790. The molecule has 0 radical (unpaired) electrons. The second-order valence-corrected chi connectivity index (χ2v) is 2.23. The first-order valence-corrected chi connectivity index (χ1v) is 3.35. The molecule has 12 heavy (non-hydrogen) atoms. The largest absolute Gasteiger partial charge is 0.445 e. The van der Waals surface area contributed by atoms with E-state index >= 15 is 0 Å². The zero-order valence-electron chi connectivity index (χ0n) is 6.29. The number of hydrogen-bond acceptors (Lipinski definition) is 2. The maximum absolute atomic E-state index is 12.4. The molecular weight excluding hydrogens is 161 g/mol. The van der Waals surface area contributed by atoms with Gasteiger partial charge in [0.15, 0.2) is 0 Å². The number of hydrogen-bond donors (Lipinski definition) is 1. The number of benzene rings is 1. The van der Waals surface area contributed by atoms with Crippen molar-refractivity contribution >= 4 is 6.09 Å². The van der Waals surface area contributed by atoms with Gasteiger partial charge in [0.05, 0.1) is 0 Å². The van der Waals surface area contributed by atoms with E-state index in [4.69, 9.17) is 5.73 Å². The van der Waals surface area contributed by atoms with E-state index in [1.165, 1.54) is 24.3 Å². The Morgan fingerprint density at radius 2 is 2.00 bits per heavy atom. The van der Waals surface area contributed by atoms with Crippen LogP contribution in [-0.4, -0.2) is 6.09 Å². The van der Waals surface area contributed by atoms with E-state index in [9.17, 15) is 9.18 Å². The van der Waals surface area contributed by atoms with Crippen LogP contribution in [0.5, 0.6) is 0 Å². The molecule has 0 bridgehead atoms. The maximum Gasteiger partial charge on any atom is 0.404 e. The monoisotopic (exact) mass is 169 g/mol. The molecule has 0 fully saturated rings. The zero-order valence-corrected chi connectivity index (χ0v) is 6.29. The summed E-state index contributed by atoms with van der Waals surface area (Å²) in [6.07, 6.45) is -0.834. The van der Waals surface area contributed by atoms with Crippen LogP contribution in [0.4, 0.5) is 9.18 Å². The Morgan fingerprint density at radius 1 is 1.42 bits per heavy atom. The van der Waals surface area contributed by atoms with Crippen LogP contribution in [0.3, 0.4) is 0 Å². The van der Waals surface area contributed by atoms with Crippen molar-refractivity contribution in [3.63, 3.8) is 0 Å². The highest BCUT2D eigenvalue weighted by molar-refractivity contribution is 5.64. The van der Waals surface area contributed by atoms with Gasteiger partial charge < -0.3 is 10.5 Å². The van der Waals surface area contributed by atoms with Gasteiger partial charge in [-0.05, 0) is 17.7 Å². The third-order valence-corrected chi connectivity index (χ3v) is 1.29. The van der Waals surface area contributed by atoms with Crippen LogP contribution >= 0.6 is 0 Å². The first-order valence-electron chi connectivity index (χ1n) is 3.35. The fourth-order valence-electron chi connectivity index (χ4n) is 0.735. The lowest BCUT2D eigenvalue weighted by Gasteiger charge is -2.00. The molecule has 0 aliphatic heterocycles. The maximum atomic E-state index is 12.4. The van der Waals surface area contributed by atoms with Crippen molar-refractivity contribution in [3.8, 4) is 0 Å². The first kappa shape index (κ1) is 8.52. The average Bonchev–Trinajstić information content (AvgIpc) is 2.03. The summed E-state index contributed by atoms with van der Waals surface area (Å²) in [6, 6.07) is 5.63. The smallest absolute Gasteiger partial charge is 0.404 e. The number of rotatable bonds is 2. The van der Waals surface area contributed by atoms with Crippen molar-refractivity contribution in [3.05, 3.63) is 35.6 Å². The number of ether oxygens (including phenoxy) is 1. The third kappa shape index (κ3) is 2.57. The standard InChI is InChI=1S/C8H8FNO2/c9-7-3-1-6(2-4-7)5-12-8(10)11/h1-4H,5H2,(H2,10,11). The minimum atomic E-state index is -0.834. The molecule has 0 spiro atoms. The molecule has 3 nitrogen and oxygen atoms in total. The Bertz CT molecular complexity index is 271. The van der Waals surface area contributed by atoms with Crippen LogP contribution in [0, 0.1) is 5.82 Å². The van der Waals surface area contributed by atoms with Crippen LogP contribution in [0.2, 0.25) is 0 Å². The molecule has 64 valence electrons. The van der Waals surface area contributed by atoms with E-state index < -0.39 is 6.09 Å².